The molecule has 10 heteroatoms. The van der Waals surface area contributed by atoms with Gasteiger partial charge in [0.25, 0.3) is 5.91 Å². The van der Waals surface area contributed by atoms with Gasteiger partial charge < -0.3 is 15.7 Å². The average molecular weight is 451 g/mol. The highest BCUT2D eigenvalue weighted by Gasteiger charge is 2.30. The zero-order chi connectivity index (χ0) is 23.9. The molecular formula is C22H24F3N3O4. The van der Waals surface area contributed by atoms with Crippen molar-refractivity contribution in [1.29, 1.82) is 0 Å². The molecule has 7 nitrogen and oxygen atoms in total. The van der Waals surface area contributed by atoms with Crippen LogP contribution in [0.1, 0.15) is 32.6 Å². The molecule has 0 spiro atoms. The maximum Gasteiger partial charge on any atom is 0.416 e. The van der Waals surface area contributed by atoms with Gasteiger partial charge in [0.2, 0.25) is 5.91 Å². The largest absolute Gasteiger partial charge is 0.480 e. The standard InChI is InChI=1S/C22H24F3N3O4/c1-13-6-7-16(14(2)8-13)10-26-18(21(31)32)11-27-19(29)12-28-20(30)15-4-3-5-17(9-15)22(23,24)25/h3-9,18,26H,10-12H2,1-2H3,(H,27,29)(H,28,30)(H,31,32)/t18-/m1/s1. The van der Waals surface area contributed by atoms with E-state index in [9.17, 15) is 32.7 Å². The first-order valence-electron chi connectivity index (χ1n) is 9.72. The Balaban J connectivity index is 1.84. The summed E-state index contributed by atoms with van der Waals surface area (Å²) in [4.78, 5) is 35.5. The fourth-order valence-electron chi connectivity index (χ4n) is 2.90. The third-order valence-electron chi connectivity index (χ3n) is 4.70. The SMILES string of the molecule is Cc1ccc(CN[C@H](CNC(=O)CNC(=O)c2cccc(C(F)(F)F)c2)C(=O)O)c(C)c1. The molecule has 2 rings (SSSR count). The number of amides is 2. The second kappa shape index (κ2) is 10.8. The highest BCUT2D eigenvalue weighted by Crippen LogP contribution is 2.29. The number of alkyl halides is 3. The molecule has 0 fully saturated rings. The summed E-state index contributed by atoms with van der Waals surface area (Å²) in [6.07, 6.45) is -4.59. The van der Waals surface area contributed by atoms with Crippen LogP contribution in [-0.2, 0) is 22.3 Å². The minimum absolute atomic E-state index is 0.238. The second-order valence-electron chi connectivity index (χ2n) is 7.27. The van der Waals surface area contributed by atoms with E-state index in [4.69, 9.17) is 0 Å². The summed E-state index contributed by atoms with van der Waals surface area (Å²) in [5.74, 6) is -2.69. The summed E-state index contributed by atoms with van der Waals surface area (Å²) in [5.41, 5.74) is 1.78. The van der Waals surface area contributed by atoms with Gasteiger partial charge in [-0.05, 0) is 43.2 Å². The maximum atomic E-state index is 12.7. The number of halogens is 3. The van der Waals surface area contributed by atoms with Crippen molar-refractivity contribution in [2.45, 2.75) is 32.6 Å². The quantitative estimate of drug-likeness (QED) is 0.469. The Kier molecular flexibility index (Phi) is 8.36. The van der Waals surface area contributed by atoms with Gasteiger partial charge in [0, 0.05) is 18.7 Å². The molecule has 2 amide bonds. The number of benzene rings is 2. The lowest BCUT2D eigenvalue weighted by Crippen LogP contribution is -2.47. The summed E-state index contributed by atoms with van der Waals surface area (Å²) >= 11 is 0. The Bertz CT molecular complexity index is 993. The van der Waals surface area contributed by atoms with Gasteiger partial charge in [-0.2, -0.15) is 13.2 Å². The summed E-state index contributed by atoms with van der Waals surface area (Å²) in [7, 11) is 0. The number of rotatable bonds is 9. The summed E-state index contributed by atoms with van der Waals surface area (Å²) in [5, 5.41) is 16.8. The number of aryl methyl sites for hydroxylation is 2. The van der Waals surface area contributed by atoms with Gasteiger partial charge in [-0.3, -0.25) is 19.7 Å². The van der Waals surface area contributed by atoms with Crippen molar-refractivity contribution < 1.29 is 32.7 Å². The van der Waals surface area contributed by atoms with Crippen LogP contribution in [0.3, 0.4) is 0 Å². The van der Waals surface area contributed by atoms with E-state index in [0.29, 0.717) is 6.07 Å². The van der Waals surface area contributed by atoms with Gasteiger partial charge in [-0.15, -0.1) is 0 Å². The van der Waals surface area contributed by atoms with E-state index < -0.39 is 42.1 Å². The first kappa shape index (κ1) is 24.9. The lowest BCUT2D eigenvalue weighted by Gasteiger charge is -2.16. The van der Waals surface area contributed by atoms with Crippen LogP contribution in [0.15, 0.2) is 42.5 Å². The van der Waals surface area contributed by atoms with Crippen LogP contribution in [-0.4, -0.2) is 42.0 Å². The molecule has 32 heavy (non-hydrogen) atoms. The van der Waals surface area contributed by atoms with Crippen LogP contribution in [0.2, 0.25) is 0 Å². The number of carboxylic acids is 1. The smallest absolute Gasteiger partial charge is 0.416 e. The van der Waals surface area contributed by atoms with E-state index >= 15 is 0 Å². The molecule has 0 saturated carbocycles. The average Bonchev–Trinajstić information content (AvgIpc) is 2.72. The molecule has 0 unspecified atom stereocenters. The Morgan fingerprint density at radius 3 is 2.38 bits per heavy atom. The summed E-state index contributed by atoms with van der Waals surface area (Å²) in [6.45, 7) is 3.39. The fourth-order valence-corrected chi connectivity index (χ4v) is 2.90. The number of hydrogen-bond donors (Lipinski definition) is 4. The molecule has 0 aliphatic carbocycles. The molecule has 0 saturated heterocycles. The predicted molar refractivity (Wildman–Crippen MR) is 111 cm³/mol. The zero-order valence-electron chi connectivity index (χ0n) is 17.5. The lowest BCUT2D eigenvalue weighted by atomic mass is 10.1. The van der Waals surface area contributed by atoms with Gasteiger partial charge >= 0.3 is 12.1 Å². The zero-order valence-corrected chi connectivity index (χ0v) is 17.5. The molecule has 4 N–H and O–H groups in total. The Labute approximate surface area is 183 Å². The van der Waals surface area contributed by atoms with Crippen LogP contribution < -0.4 is 16.0 Å². The molecule has 172 valence electrons. The Morgan fingerprint density at radius 1 is 1.03 bits per heavy atom. The van der Waals surface area contributed by atoms with Gasteiger partial charge in [0.15, 0.2) is 0 Å². The van der Waals surface area contributed by atoms with E-state index in [-0.39, 0.29) is 18.7 Å². The third kappa shape index (κ3) is 7.38. The van der Waals surface area contributed by atoms with Gasteiger partial charge in [0.1, 0.15) is 6.04 Å². The fraction of sp³-hybridized carbons (Fsp3) is 0.318. The molecular weight excluding hydrogens is 427 g/mol. The molecule has 0 heterocycles. The first-order chi connectivity index (χ1) is 15.0. The van der Waals surface area contributed by atoms with Gasteiger partial charge in [-0.25, -0.2) is 0 Å². The molecule has 0 aliphatic rings. The van der Waals surface area contributed by atoms with Gasteiger partial charge in [-0.1, -0.05) is 29.8 Å². The number of nitrogens with one attached hydrogen (secondary N) is 3. The van der Waals surface area contributed by atoms with Crippen molar-refractivity contribution >= 4 is 17.8 Å². The molecule has 1 atom stereocenters. The summed E-state index contributed by atoms with van der Waals surface area (Å²) < 4.78 is 38.2. The van der Waals surface area contributed by atoms with E-state index in [1.807, 2.05) is 32.0 Å². The first-order valence-corrected chi connectivity index (χ1v) is 9.72. The van der Waals surface area contributed by atoms with Crippen molar-refractivity contribution in [3.8, 4) is 0 Å². The van der Waals surface area contributed by atoms with E-state index in [1.165, 1.54) is 6.07 Å². The van der Waals surface area contributed by atoms with Crippen molar-refractivity contribution in [3.05, 3.63) is 70.3 Å². The second-order valence-corrected chi connectivity index (χ2v) is 7.27. The highest BCUT2D eigenvalue weighted by atomic mass is 19.4. The molecule has 0 bridgehead atoms. The minimum atomic E-state index is -4.59. The van der Waals surface area contributed by atoms with Crippen LogP contribution in [0.25, 0.3) is 0 Å². The molecule has 0 radical (unpaired) electrons. The van der Waals surface area contributed by atoms with Crippen LogP contribution >= 0.6 is 0 Å². The molecule has 0 aromatic heterocycles. The predicted octanol–water partition coefficient (Wildman–Crippen LogP) is 2.41. The van der Waals surface area contributed by atoms with E-state index in [1.54, 1.807) is 0 Å². The van der Waals surface area contributed by atoms with Crippen LogP contribution in [0.5, 0.6) is 0 Å². The Morgan fingerprint density at radius 2 is 1.75 bits per heavy atom. The number of carbonyl (C=O) groups excluding carboxylic acids is 2. The van der Waals surface area contributed by atoms with Gasteiger partial charge in [0.05, 0.1) is 12.1 Å². The van der Waals surface area contributed by atoms with Crippen LogP contribution in [0, 0.1) is 13.8 Å². The third-order valence-corrected chi connectivity index (χ3v) is 4.70. The van der Waals surface area contributed by atoms with E-state index in [0.717, 1.165) is 28.8 Å². The number of carboxylic acid groups (broad SMARTS) is 1. The lowest BCUT2D eigenvalue weighted by molar-refractivity contribution is -0.139. The number of hydrogen-bond acceptors (Lipinski definition) is 4. The van der Waals surface area contributed by atoms with Crippen molar-refractivity contribution in [2.24, 2.45) is 0 Å². The maximum absolute atomic E-state index is 12.7. The minimum Gasteiger partial charge on any atom is -0.480 e. The number of aliphatic carboxylic acids is 1. The van der Waals surface area contributed by atoms with Crippen molar-refractivity contribution in [1.82, 2.24) is 16.0 Å². The van der Waals surface area contributed by atoms with Crippen molar-refractivity contribution in [2.75, 3.05) is 13.1 Å². The molecule has 2 aromatic carbocycles. The highest BCUT2D eigenvalue weighted by molar-refractivity contribution is 5.96. The number of carbonyl (C=O) groups is 3. The molecule has 2 aromatic rings. The van der Waals surface area contributed by atoms with Crippen LogP contribution in [0.4, 0.5) is 13.2 Å². The van der Waals surface area contributed by atoms with Crippen molar-refractivity contribution in [3.63, 3.8) is 0 Å². The summed E-state index contributed by atoms with van der Waals surface area (Å²) in [6, 6.07) is 8.51. The van der Waals surface area contributed by atoms with E-state index in [2.05, 4.69) is 16.0 Å². The molecule has 0 aliphatic heterocycles. The normalized spacial score (nSPS) is 12.2. The Hall–Kier alpha value is -3.40. The monoisotopic (exact) mass is 451 g/mol. The topological polar surface area (TPSA) is 108 Å².